The fraction of sp³-hybridized carbons (Fsp3) is 0.389. The fourth-order valence-electron chi connectivity index (χ4n) is 2.95. The zero-order valence-electron chi connectivity index (χ0n) is 15.3. The van der Waals surface area contributed by atoms with Crippen molar-refractivity contribution in [3.63, 3.8) is 0 Å². The highest BCUT2D eigenvalue weighted by molar-refractivity contribution is 5.89. The molecule has 0 atom stereocenters. The van der Waals surface area contributed by atoms with Gasteiger partial charge in [-0.3, -0.25) is 0 Å². The predicted molar refractivity (Wildman–Crippen MR) is 103 cm³/mol. The first kappa shape index (κ1) is 18.1. The molecule has 4 rings (SSSR count). The largest absolute Gasteiger partial charge is 0.454 e. The minimum absolute atomic E-state index is 0.201. The monoisotopic (exact) mass is 386 g/mol. The Morgan fingerprint density at radius 1 is 1.11 bits per heavy atom. The Hall–Kier alpha value is -3.27. The molecule has 28 heavy (non-hydrogen) atoms. The molecule has 3 heterocycles. The average molecular weight is 386 g/mol. The van der Waals surface area contributed by atoms with Crippen LogP contribution in [0, 0.1) is 0 Å². The number of urea groups is 1. The Kier molecular flexibility index (Phi) is 5.57. The molecule has 10 heteroatoms. The Bertz CT molecular complexity index is 827. The molecule has 0 spiro atoms. The van der Waals surface area contributed by atoms with Gasteiger partial charge < -0.3 is 35.1 Å². The summed E-state index contributed by atoms with van der Waals surface area (Å²) in [5.74, 6) is 1.97. The highest BCUT2D eigenvalue weighted by Crippen LogP contribution is 2.34. The average Bonchev–Trinajstić information content (AvgIpc) is 3.20. The van der Waals surface area contributed by atoms with Crippen LogP contribution in [-0.2, 0) is 4.74 Å². The number of carbonyl (C=O) groups is 1. The third-order valence-corrected chi connectivity index (χ3v) is 4.36. The molecule has 148 valence electrons. The summed E-state index contributed by atoms with van der Waals surface area (Å²) in [6.07, 6.45) is 1.74. The summed E-state index contributed by atoms with van der Waals surface area (Å²) in [6, 6.07) is 6.91. The van der Waals surface area contributed by atoms with Gasteiger partial charge in [-0.05, 0) is 12.1 Å². The van der Waals surface area contributed by atoms with Crippen LogP contribution in [0.5, 0.6) is 11.5 Å². The lowest BCUT2D eigenvalue weighted by atomic mass is 10.3. The van der Waals surface area contributed by atoms with Crippen molar-refractivity contribution in [3.05, 3.63) is 30.5 Å². The van der Waals surface area contributed by atoms with E-state index in [9.17, 15) is 4.79 Å². The number of benzene rings is 1. The van der Waals surface area contributed by atoms with E-state index in [-0.39, 0.29) is 12.8 Å². The SMILES string of the molecule is O=C(NCCNc1cc(N2CCOCC2)cnn1)Nc1ccc2c(c1)OCO2. The Morgan fingerprint density at radius 3 is 2.86 bits per heavy atom. The van der Waals surface area contributed by atoms with E-state index in [1.165, 1.54) is 0 Å². The van der Waals surface area contributed by atoms with Crippen molar-refractivity contribution >= 4 is 23.2 Å². The second-order valence-electron chi connectivity index (χ2n) is 6.27. The van der Waals surface area contributed by atoms with Crippen LogP contribution >= 0.6 is 0 Å². The Morgan fingerprint density at radius 2 is 1.96 bits per heavy atom. The summed E-state index contributed by atoms with van der Waals surface area (Å²) in [4.78, 5) is 14.2. The molecule has 0 unspecified atom stereocenters. The molecule has 2 aliphatic rings. The molecule has 3 N–H and O–H groups in total. The highest BCUT2D eigenvalue weighted by Gasteiger charge is 2.14. The lowest BCUT2D eigenvalue weighted by Gasteiger charge is -2.28. The second-order valence-corrected chi connectivity index (χ2v) is 6.27. The van der Waals surface area contributed by atoms with Crippen molar-refractivity contribution in [2.75, 3.05) is 61.7 Å². The Labute approximate surface area is 162 Å². The Balaban J connectivity index is 1.20. The number of nitrogens with zero attached hydrogens (tertiary/aromatic N) is 3. The molecule has 0 radical (unpaired) electrons. The molecule has 2 aliphatic heterocycles. The summed E-state index contributed by atoms with van der Waals surface area (Å²) in [5, 5.41) is 16.8. The first-order valence-corrected chi connectivity index (χ1v) is 9.12. The number of morpholine rings is 1. The first-order valence-electron chi connectivity index (χ1n) is 9.12. The summed E-state index contributed by atoms with van der Waals surface area (Å²) in [7, 11) is 0. The maximum atomic E-state index is 12.0. The molecular weight excluding hydrogens is 364 g/mol. The minimum atomic E-state index is -0.297. The van der Waals surface area contributed by atoms with Crippen LogP contribution in [0.4, 0.5) is 22.0 Å². The molecule has 0 saturated carbocycles. The highest BCUT2D eigenvalue weighted by atomic mass is 16.7. The van der Waals surface area contributed by atoms with Gasteiger partial charge >= 0.3 is 6.03 Å². The number of amides is 2. The number of anilines is 3. The number of ether oxygens (including phenoxy) is 3. The zero-order valence-corrected chi connectivity index (χ0v) is 15.3. The number of aromatic nitrogens is 2. The van der Waals surface area contributed by atoms with Gasteiger partial charge in [0.1, 0.15) is 0 Å². The number of hydrogen-bond donors (Lipinski definition) is 3. The number of rotatable bonds is 6. The van der Waals surface area contributed by atoms with Gasteiger partial charge in [0.05, 0.1) is 25.1 Å². The number of fused-ring (bicyclic) bond motifs is 1. The minimum Gasteiger partial charge on any atom is -0.454 e. The maximum Gasteiger partial charge on any atom is 0.319 e. The second kappa shape index (κ2) is 8.61. The molecule has 0 aliphatic carbocycles. The lowest BCUT2D eigenvalue weighted by molar-refractivity contribution is 0.122. The van der Waals surface area contributed by atoms with E-state index in [1.807, 2.05) is 6.07 Å². The van der Waals surface area contributed by atoms with Gasteiger partial charge in [-0.1, -0.05) is 0 Å². The molecular formula is C18H22N6O4. The molecule has 1 fully saturated rings. The molecule has 1 saturated heterocycles. The molecule has 10 nitrogen and oxygen atoms in total. The van der Waals surface area contributed by atoms with Crippen LogP contribution in [0.25, 0.3) is 0 Å². The van der Waals surface area contributed by atoms with Crippen LogP contribution in [-0.4, -0.2) is 62.4 Å². The van der Waals surface area contributed by atoms with E-state index in [4.69, 9.17) is 14.2 Å². The van der Waals surface area contributed by atoms with Crippen molar-refractivity contribution in [2.45, 2.75) is 0 Å². The van der Waals surface area contributed by atoms with Crippen LogP contribution in [0.1, 0.15) is 0 Å². The van der Waals surface area contributed by atoms with E-state index in [0.717, 1.165) is 18.8 Å². The van der Waals surface area contributed by atoms with Gasteiger partial charge in [0, 0.05) is 44.0 Å². The molecule has 1 aromatic heterocycles. The smallest absolute Gasteiger partial charge is 0.319 e. The van der Waals surface area contributed by atoms with Crippen LogP contribution in [0.3, 0.4) is 0 Å². The third-order valence-electron chi connectivity index (χ3n) is 4.36. The number of carbonyl (C=O) groups excluding carboxylic acids is 1. The van der Waals surface area contributed by atoms with Gasteiger partial charge in [-0.15, -0.1) is 5.10 Å². The van der Waals surface area contributed by atoms with Crippen molar-refractivity contribution in [3.8, 4) is 11.5 Å². The summed E-state index contributed by atoms with van der Waals surface area (Å²) in [5.41, 5.74) is 1.65. The van der Waals surface area contributed by atoms with Gasteiger partial charge in [0.25, 0.3) is 0 Å². The van der Waals surface area contributed by atoms with Crippen molar-refractivity contribution in [1.82, 2.24) is 15.5 Å². The molecule has 2 aromatic rings. The third kappa shape index (κ3) is 4.52. The van der Waals surface area contributed by atoms with Gasteiger partial charge in [-0.2, -0.15) is 5.10 Å². The maximum absolute atomic E-state index is 12.0. The summed E-state index contributed by atoms with van der Waals surface area (Å²) in [6.45, 7) is 4.27. The predicted octanol–water partition coefficient (Wildman–Crippen LogP) is 1.28. The molecule has 2 amide bonds. The van der Waals surface area contributed by atoms with E-state index < -0.39 is 0 Å². The van der Waals surface area contributed by atoms with E-state index in [2.05, 4.69) is 31.0 Å². The van der Waals surface area contributed by atoms with Gasteiger partial charge in [0.2, 0.25) is 6.79 Å². The summed E-state index contributed by atoms with van der Waals surface area (Å²) >= 11 is 0. The van der Waals surface area contributed by atoms with Crippen LogP contribution in [0.2, 0.25) is 0 Å². The quantitative estimate of drug-likeness (QED) is 0.637. The van der Waals surface area contributed by atoms with E-state index >= 15 is 0 Å². The van der Waals surface area contributed by atoms with E-state index in [0.29, 0.717) is 49.3 Å². The van der Waals surface area contributed by atoms with E-state index in [1.54, 1.807) is 24.4 Å². The van der Waals surface area contributed by atoms with Gasteiger partial charge in [0.15, 0.2) is 17.3 Å². The van der Waals surface area contributed by atoms with Crippen LogP contribution in [0.15, 0.2) is 30.5 Å². The normalized spacial score (nSPS) is 15.2. The molecule has 0 bridgehead atoms. The topological polar surface area (TPSA) is 110 Å². The summed E-state index contributed by atoms with van der Waals surface area (Å²) < 4.78 is 15.9. The molecule has 1 aromatic carbocycles. The van der Waals surface area contributed by atoms with Gasteiger partial charge in [-0.25, -0.2) is 4.79 Å². The zero-order chi connectivity index (χ0) is 19.2. The number of nitrogens with one attached hydrogen (secondary N) is 3. The van der Waals surface area contributed by atoms with Crippen molar-refractivity contribution in [2.24, 2.45) is 0 Å². The van der Waals surface area contributed by atoms with Crippen molar-refractivity contribution < 1.29 is 19.0 Å². The first-order chi connectivity index (χ1) is 13.8. The fourth-order valence-corrected chi connectivity index (χ4v) is 2.95. The standard InChI is InChI=1S/C18H22N6O4/c25-18(22-13-1-2-15-16(9-13)28-12-27-15)20-4-3-19-17-10-14(11-21-23-17)24-5-7-26-8-6-24/h1-2,9-11H,3-8,12H2,(H,19,23)(H2,20,22,25). The number of hydrogen-bond acceptors (Lipinski definition) is 8. The lowest BCUT2D eigenvalue weighted by Crippen LogP contribution is -2.36. The van der Waals surface area contributed by atoms with Crippen molar-refractivity contribution in [1.29, 1.82) is 0 Å². The van der Waals surface area contributed by atoms with Crippen LogP contribution < -0.4 is 30.3 Å².